The Hall–Kier alpha value is -0.930. The van der Waals surface area contributed by atoms with E-state index in [1.165, 1.54) is 6.07 Å². The topological polar surface area (TPSA) is 32.3 Å². The summed E-state index contributed by atoms with van der Waals surface area (Å²) in [6.07, 6.45) is 2.68. The van der Waals surface area contributed by atoms with Crippen LogP contribution < -0.4 is 5.32 Å². The molecule has 0 saturated heterocycles. The van der Waals surface area contributed by atoms with Crippen LogP contribution in [-0.2, 0) is 0 Å². The Balaban J connectivity index is 1.99. The molecule has 1 saturated carbocycles. The summed E-state index contributed by atoms with van der Waals surface area (Å²) < 4.78 is 13.0. The predicted octanol–water partition coefficient (Wildman–Crippen LogP) is 2.39. The molecule has 1 fully saturated rings. The summed E-state index contributed by atoms with van der Waals surface area (Å²) >= 11 is 0. The Morgan fingerprint density at radius 2 is 2.25 bits per heavy atom. The molecular formula is C13H18FNO. The Morgan fingerprint density at radius 1 is 1.44 bits per heavy atom. The molecule has 2 rings (SSSR count). The minimum Gasteiger partial charge on any atom is -0.392 e. The Labute approximate surface area is 95.5 Å². The van der Waals surface area contributed by atoms with Crippen LogP contribution in [0.1, 0.15) is 37.8 Å². The number of aliphatic hydroxyl groups excluding tert-OH is 1. The van der Waals surface area contributed by atoms with Crippen LogP contribution >= 0.6 is 0 Å². The Morgan fingerprint density at radius 3 is 2.88 bits per heavy atom. The number of rotatable bonds is 3. The first-order valence-corrected chi connectivity index (χ1v) is 5.86. The molecule has 1 aromatic carbocycles. The molecule has 0 spiro atoms. The second-order valence-corrected chi connectivity index (χ2v) is 4.55. The zero-order valence-corrected chi connectivity index (χ0v) is 9.49. The molecule has 88 valence electrons. The van der Waals surface area contributed by atoms with Crippen molar-refractivity contribution in [2.75, 3.05) is 0 Å². The van der Waals surface area contributed by atoms with Crippen LogP contribution in [0.5, 0.6) is 0 Å². The van der Waals surface area contributed by atoms with Crippen molar-refractivity contribution in [2.24, 2.45) is 0 Å². The number of aliphatic hydroxyl groups is 1. The van der Waals surface area contributed by atoms with Crippen LogP contribution in [0.25, 0.3) is 0 Å². The zero-order chi connectivity index (χ0) is 11.5. The minimum absolute atomic E-state index is 0.0773. The van der Waals surface area contributed by atoms with Gasteiger partial charge in [-0.05, 0) is 43.9 Å². The van der Waals surface area contributed by atoms with E-state index in [-0.39, 0.29) is 24.0 Å². The van der Waals surface area contributed by atoms with E-state index < -0.39 is 0 Å². The molecule has 0 aromatic heterocycles. The molecule has 3 atom stereocenters. The average molecular weight is 223 g/mol. The zero-order valence-electron chi connectivity index (χ0n) is 9.49. The van der Waals surface area contributed by atoms with Gasteiger partial charge in [-0.1, -0.05) is 12.1 Å². The van der Waals surface area contributed by atoms with E-state index >= 15 is 0 Å². The second-order valence-electron chi connectivity index (χ2n) is 4.55. The van der Waals surface area contributed by atoms with Gasteiger partial charge in [0.25, 0.3) is 0 Å². The van der Waals surface area contributed by atoms with Gasteiger partial charge in [0.15, 0.2) is 0 Å². The fourth-order valence-corrected chi connectivity index (χ4v) is 2.33. The SMILES string of the molecule is CC(N[C@H]1CCC[C@@H]1O)c1cccc(F)c1. The number of benzene rings is 1. The molecule has 1 aromatic rings. The largest absolute Gasteiger partial charge is 0.392 e. The molecule has 0 radical (unpaired) electrons. The van der Waals surface area contributed by atoms with Crippen LogP contribution in [-0.4, -0.2) is 17.3 Å². The van der Waals surface area contributed by atoms with Crippen molar-refractivity contribution in [1.82, 2.24) is 5.32 Å². The summed E-state index contributed by atoms with van der Waals surface area (Å²) in [7, 11) is 0. The second kappa shape index (κ2) is 4.93. The summed E-state index contributed by atoms with van der Waals surface area (Å²) in [5, 5.41) is 13.1. The predicted molar refractivity (Wildman–Crippen MR) is 61.6 cm³/mol. The highest BCUT2D eigenvalue weighted by atomic mass is 19.1. The molecular weight excluding hydrogens is 205 g/mol. The van der Waals surface area contributed by atoms with Crippen molar-refractivity contribution >= 4 is 0 Å². The van der Waals surface area contributed by atoms with Crippen LogP contribution in [0, 0.1) is 5.82 Å². The monoisotopic (exact) mass is 223 g/mol. The highest BCUT2D eigenvalue weighted by Crippen LogP contribution is 2.22. The van der Waals surface area contributed by atoms with Crippen molar-refractivity contribution in [3.05, 3.63) is 35.6 Å². The van der Waals surface area contributed by atoms with Gasteiger partial charge in [0, 0.05) is 12.1 Å². The summed E-state index contributed by atoms with van der Waals surface area (Å²) in [6.45, 7) is 2.00. The smallest absolute Gasteiger partial charge is 0.123 e. The molecule has 0 aliphatic heterocycles. The standard InChI is InChI=1S/C13H18FNO/c1-9(10-4-2-5-11(14)8-10)15-12-6-3-7-13(12)16/h2,4-5,8-9,12-13,15-16H,3,6-7H2,1H3/t9?,12-,13-/m0/s1. The lowest BCUT2D eigenvalue weighted by Gasteiger charge is -2.22. The molecule has 1 aliphatic carbocycles. The van der Waals surface area contributed by atoms with E-state index in [1.54, 1.807) is 12.1 Å². The Bertz CT molecular complexity index is 356. The summed E-state index contributed by atoms with van der Waals surface area (Å²) in [5.41, 5.74) is 0.930. The van der Waals surface area contributed by atoms with Crippen LogP contribution in [0.2, 0.25) is 0 Å². The third-order valence-electron chi connectivity index (χ3n) is 3.29. The normalized spacial score (nSPS) is 26.9. The molecule has 16 heavy (non-hydrogen) atoms. The van der Waals surface area contributed by atoms with Crippen molar-refractivity contribution < 1.29 is 9.50 Å². The third kappa shape index (κ3) is 2.60. The molecule has 0 bridgehead atoms. The summed E-state index contributed by atoms with van der Waals surface area (Å²) in [6, 6.07) is 6.84. The molecule has 1 aliphatic rings. The van der Waals surface area contributed by atoms with Gasteiger partial charge in [0.05, 0.1) is 6.10 Å². The van der Waals surface area contributed by atoms with Gasteiger partial charge < -0.3 is 10.4 Å². The third-order valence-corrected chi connectivity index (χ3v) is 3.29. The van der Waals surface area contributed by atoms with Gasteiger partial charge >= 0.3 is 0 Å². The van der Waals surface area contributed by atoms with Gasteiger partial charge in [-0.3, -0.25) is 0 Å². The van der Waals surface area contributed by atoms with Crippen LogP contribution in [0.4, 0.5) is 4.39 Å². The van der Waals surface area contributed by atoms with E-state index in [9.17, 15) is 9.50 Å². The number of halogens is 1. The molecule has 3 heteroatoms. The number of hydrogen-bond donors (Lipinski definition) is 2. The lowest BCUT2D eigenvalue weighted by atomic mass is 10.1. The van der Waals surface area contributed by atoms with Gasteiger partial charge in [0.2, 0.25) is 0 Å². The highest BCUT2D eigenvalue weighted by Gasteiger charge is 2.26. The van der Waals surface area contributed by atoms with Crippen molar-refractivity contribution in [1.29, 1.82) is 0 Å². The first kappa shape index (κ1) is 11.6. The van der Waals surface area contributed by atoms with E-state index in [2.05, 4.69) is 5.32 Å². The fraction of sp³-hybridized carbons (Fsp3) is 0.538. The van der Waals surface area contributed by atoms with Crippen molar-refractivity contribution in [2.45, 2.75) is 44.4 Å². The maximum atomic E-state index is 13.0. The van der Waals surface area contributed by atoms with Gasteiger partial charge in [-0.2, -0.15) is 0 Å². The van der Waals surface area contributed by atoms with Crippen molar-refractivity contribution in [3.8, 4) is 0 Å². The molecule has 2 N–H and O–H groups in total. The maximum Gasteiger partial charge on any atom is 0.123 e. The molecule has 1 unspecified atom stereocenters. The maximum absolute atomic E-state index is 13.0. The quantitative estimate of drug-likeness (QED) is 0.824. The first-order valence-electron chi connectivity index (χ1n) is 5.86. The van der Waals surface area contributed by atoms with Gasteiger partial charge in [0.1, 0.15) is 5.82 Å². The van der Waals surface area contributed by atoms with Crippen LogP contribution in [0.15, 0.2) is 24.3 Å². The minimum atomic E-state index is -0.254. The highest BCUT2D eigenvalue weighted by molar-refractivity contribution is 5.19. The lowest BCUT2D eigenvalue weighted by molar-refractivity contribution is 0.144. The molecule has 0 heterocycles. The summed E-state index contributed by atoms with van der Waals surface area (Å²) in [4.78, 5) is 0. The molecule has 0 amide bonds. The Kier molecular flexibility index (Phi) is 3.56. The van der Waals surface area contributed by atoms with Crippen molar-refractivity contribution in [3.63, 3.8) is 0 Å². The number of hydrogen-bond acceptors (Lipinski definition) is 2. The van der Waals surface area contributed by atoms with Gasteiger partial charge in [-0.15, -0.1) is 0 Å². The fourth-order valence-electron chi connectivity index (χ4n) is 2.33. The lowest BCUT2D eigenvalue weighted by Crippen LogP contribution is -2.37. The molecule has 2 nitrogen and oxygen atoms in total. The first-order chi connectivity index (χ1) is 7.66. The van der Waals surface area contributed by atoms with E-state index in [1.807, 2.05) is 13.0 Å². The van der Waals surface area contributed by atoms with Gasteiger partial charge in [-0.25, -0.2) is 4.39 Å². The average Bonchev–Trinajstić information content (AvgIpc) is 2.64. The summed E-state index contributed by atoms with van der Waals surface area (Å²) in [5.74, 6) is -0.210. The van der Waals surface area contributed by atoms with E-state index in [4.69, 9.17) is 0 Å². The van der Waals surface area contributed by atoms with E-state index in [0.717, 1.165) is 24.8 Å². The number of nitrogens with one attached hydrogen (secondary N) is 1. The van der Waals surface area contributed by atoms with E-state index in [0.29, 0.717) is 0 Å². The van der Waals surface area contributed by atoms with Crippen LogP contribution in [0.3, 0.4) is 0 Å².